The minimum atomic E-state index is 0.288. The fraction of sp³-hybridized carbons (Fsp3) is 0.412. The molecule has 0 bridgehead atoms. The van der Waals surface area contributed by atoms with Gasteiger partial charge in [-0.3, -0.25) is 0 Å². The van der Waals surface area contributed by atoms with Crippen molar-refractivity contribution in [3.63, 3.8) is 0 Å². The molecule has 0 spiro atoms. The molecule has 116 valence electrons. The maximum Gasteiger partial charge on any atom is 0.225 e. The molecule has 2 heterocycles. The summed E-state index contributed by atoms with van der Waals surface area (Å²) in [5.74, 6) is 0.862. The molecule has 3 rings (SSSR count). The van der Waals surface area contributed by atoms with Gasteiger partial charge in [0.1, 0.15) is 0 Å². The van der Waals surface area contributed by atoms with Crippen molar-refractivity contribution in [3.05, 3.63) is 52.3 Å². The molecule has 1 aliphatic heterocycles. The lowest BCUT2D eigenvalue weighted by molar-refractivity contribution is 0.572. The second kappa shape index (κ2) is 7.20. The van der Waals surface area contributed by atoms with E-state index in [1.165, 1.54) is 18.4 Å². The summed E-state index contributed by atoms with van der Waals surface area (Å²) in [4.78, 5) is 11.2. The van der Waals surface area contributed by atoms with Crippen LogP contribution in [-0.4, -0.2) is 23.1 Å². The molecule has 0 amide bonds. The smallest absolute Gasteiger partial charge is 0.225 e. The van der Waals surface area contributed by atoms with Crippen LogP contribution in [0.25, 0.3) is 0 Å². The number of aromatic nitrogens is 2. The lowest BCUT2D eigenvalue weighted by Gasteiger charge is -2.16. The molecule has 2 aromatic rings. The van der Waals surface area contributed by atoms with Crippen molar-refractivity contribution in [3.8, 4) is 0 Å². The molecule has 1 fully saturated rings. The monoisotopic (exact) mass is 360 g/mol. The Hall–Kier alpha value is -1.46. The highest BCUT2D eigenvalue weighted by Gasteiger charge is 2.14. The SMILES string of the molecule is CC(NCc1cnc(N2CCCC2)nc1)c1cccc(Br)c1. The number of nitrogens with zero attached hydrogens (tertiary/aromatic N) is 3. The van der Waals surface area contributed by atoms with Crippen LogP contribution in [0.2, 0.25) is 0 Å². The Kier molecular flexibility index (Phi) is 5.05. The number of hydrogen-bond acceptors (Lipinski definition) is 4. The van der Waals surface area contributed by atoms with Gasteiger partial charge in [0.05, 0.1) is 0 Å². The third-order valence-electron chi connectivity index (χ3n) is 4.04. The van der Waals surface area contributed by atoms with Crippen molar-refractivity contribution in [1.29, 1.82) is 0 Å². The van der Waals surface area contributed by atoms with Crippen LogP contribution >= 0.6 is 15.9 Å². The first-order chi connectivity index (χ1) is 10.7. The topological polar surface area (TPSA) is 41.1 Å². The highest BCUT2D eigenvalue weighted by atomic mass is 79.9. The first-order valence-corrected chi connectivity index (χ1v) is 8.56. The summed E-state index contributed by atoms with van der Waals surface area (Å²) >= 11 is 3.51. The Bertz CT molecular complexity index is 608. The molecular weight excluding hydrogens is 340 g/mol. The molecule has 1 N–H and O–H groups in total. The van der Waals surface area contributed by atoms with Crippen molar-refractivity contribution in [2.75, 3.05) is 18.0 Å². The largest absolute Gasteiger partial charge is 0.341 e. The van der Waals surface area contributed by atoms with E-state index in [2.05, 4.69) is 61.2 Å². The predicted octanol–water partition coefficient (Wildman–Crippen LogP) is 3.69. The standard InChI is InChI=1S/C17H21BrN4/c1-13(15-5-4-6-16(18)9-15)19-10-14-11-20-17(21-12-14)22-7-2-3-8-22/h4-6,9,11-13,19H,2-3,7-8,10H2,1H3. The summed E-state index contributed by atoms with van der Waals surface area (Å²) < 4.78 is 1.11. The molecule has 22 heavy (non-hydrogen) atoms. The van der Waals surface area contributed by atoms with Gasteiger partial charge < -0.3 is 10.2 Å². The summed E-state index contributed by atoms with van der Waals surface area (Å²) in [5, 5.41) is 3.52. The molecule has 0 radical (unpaired) electrons. The summed E-state index contributed by atoms with van der Waals surface area (Å²) in [5.41, 5.74) is 2.38. The summed E-state index contributed by atoms with van der Waals surface area (Å²) in [6, 6.07) is 8.67. The Morgan fingerprint density at radius 3 is 2.64 bits per heavy atom. The van der Waals surface area contributed by atoms with E-state index in [0.29, 0.717) is 0 Å². The van der Waals surface area contributed by atoms with Gasteiger partial charge in [-0.05, 0) is 37.5 Å². The van der Waals surface area contributed by atoms with Crippen LogP contribution in [0, 0.1) is 0 Å². The van der Waals surface area contributed by atoms with Crippen molar-refractivity contribution in [1.82, 2.24) is 15.3 Å². The van der Waals surface area contributed by atoms with Gasteiger partial charge in [0, 0.05) is 48.1 Å². The van der Waals surface area contributed by atoms with Gasteiger partial charge in [0.25, 0.3) is 0 Å². The average Bonchev–Trinajstić information content (AvgIpc) is 3.07. The Labute approximate surface area is 140 Å². The minimum Gasteiger partial charge on any atom is -0.341 e. The number of anilines is 1. The summed E-state index contributed by atoms with van der Waals surface area (Å²) in [7, 11) is 0. The fourth-order valence-corrected chi connectivity index (χ4v) is 3.10. The molecule has 1 atom stereocenters. The van der Waals surface area contributed by atoms with Crippen LogP contribution in [0.5, 0.6) is 0 Å². The van der Waals surface area contributed by atoms with E-state index in [1.54, 1.807) is 0 Å². The third kappa shape index (κ3) is 3.84. The number of benzene rings is 1. The van der Waals surface area contributed by atoms with E-state index < -0.39 is 0 Å². The zero-order chi connectivity index (χ0) is 15.4. The van der Waals surface area contributed by atoms with Crippen molar-refractivity contribution < 1.29 is 0 Å². The number of hydrogen-bond donors (Lipinski definition) is 1. The van der Waals surface area contributed by atoms with Gasteiger partial charge in [-0.1, -0.05) is 28.1 Å². The first-order valence-electron chi connectivity index (χ1n) is 7.77. The van der Waals surface area contributed by atoms with Crippen molar-refractivity contribution in [2.24, 2.45) is 0 Å². The maximum absolute atomic E-state index is 4.49. The lowest BCUT2D eigenvalue weighted by atomic mass is 10.1. The molecule has 0 saturated carbocycles. The quantitative estimate of drug-likeness (QED) is 0.882. The molecule has 1 unspecified atom stereocenters. The molecule has 1 aromatic carbocycles. The van der Waals surface area contributed by atoms with Crippen molar-refractivity contribution >= 4 is 21.9 Å². The Morgan fingerprint density at radius 1 is 1.23 bits per heavy atom. The van der Waals surface area contributed by atoms with Crippen LogP contribution < -0.4 is 10.2 Å². The predicted molar refractivity (Wildman–Crippen MR) is 92.9 cm³/mol. The van der Waals surface area contributed by atoms with E-state index in [9.17, 15) is 0 Å². The number of nitrogens with one attached hydrogen (secondary N) is 1. The van der Waals surface area contributed by atoms with Crippen LogP contribution in [0.1, 0.15) is 36.9 Å². The lowest BCUT2D eigenvalue weighted by Crippen LogP contribution is -2.21. The van der Waals surface area contributed by atoms with E-state index in [-0.39, 0.29) is 6.04 Å². The first kappa shape index (κ1) is 15.4. The Balaban J connectivity index is 1.57. The van der Waals surface area contributed by atoms with Crippen molar-refractivity contribution in [2.45, 2.75) is 32.4 Å². The van der Waals surface area contributed by atoms with Gasteiger partial charge >= 0.3 is 0 Å². The summed E-state index contributed by atoms with van der Waals surface area (Å²) in [6.07, 6.45) is 6.36. The van der Waals surface area contributed by atoms with E-state index in [4.69, 9.17) is 0 Å². The van der Waals surface area contributed by atoms with Crippen LogP contribution in [0.4, 0.5) is 5.95 Å². The van der Waals surface area contributed by atoms with Crippen LogP contribution in [0.3, 0.4) is 0 Å². The van der Waals surface area contributed by atoms with Gasteiger partial charge in [-0.2, -0.15) is 0 Å². The Morgan fingerprint density at radius 2 is 1.95 bits per heavy atom. The number of rotatable bonds is 5. The van der Waals surface area contributed by atoms with E-state index in [0.717, 1.165) is 35.6 Å². The fourth-order valence-electron chi connectivity index (χ4n) is 2.68. The van der Waals surface area contributed by atoms with Crippen LogP contribution in [-0.2, 0) is 6.54 Å². The second-order valence-electron chi connectivity index (χ2n) is 5.74. The highest BCUT2D eigenvalue weighted by Crippen LogP contribution is 2.18. The normalized spacial score (nSPS) is 16.0. The minimum absolute atomic E-state index is 0.288. The van der Waals surface area contributed by atoms with Gasteiger partial charge in [-0.15, -0.1) is 0 Å². The molecule has 1 aromatic heterocycles. The summed E-state index contributed by atoms with van der Waals surface area (Å²) in [6.45, 7) is 5.10. The third-order valence-corrected chi connectivity index (χ3v) is 4.53. The van der Waals surface area contributed by atoms with E-state index in [1.807, 2.05) is 18.5 Å². The molecule has 0 aliphatic carbocycles. The van der Waals surface area contributed by atoms with Gasteiger partial charge in [-0.25, -0.2) is 9.97 Å². The second-order valence-corrected chi connectivity index (χ2v) is 6.66. The average molecular weight is 361 g/mol. The highest BCUT2D eigenvalue weighted by molar-refractivity contribution is 9.10. The number of halogens is 1. The van der Waals surface area contributed by atoms with E-state index >= 15 is 0 Å². The zero-order valence-electron chi connectivity index (χ0n) is 12.8. The molecule has 5 heteroatoms. The van der Waals surface area contributed by atoms with Gasteiger partial charge in [0.2, 0.25) is 5.95 Å². The zero-order valence-corrected chi connectivity index (χ0v) is 14.4. The van der Waals surface area contributed by atoms with Gasteiger partial charge in [0.15, 0.2) is 0 Å². The molecule has 1 aliphatic rings. The molecule has 1 saturated heterocycles. The molecule has 4 nitrogen and oxygen atoms in total. The molecular formula is C17H21BrN4. The maximum atomic E-state index is 4.49. The van der Waals surface area contributed by atoms with Crippen LogP contribution in [0.15, 0.2) is 41.1 Å².